The number of rotatable bonds is 7. The van der Waals surface area contributed by atoms with Gasteiger partial charge in [0, 0.05) is 12.1 Å². The van der Waals surface area contributed by atoms with Crippen molar-refractivity contribution in [2.45, 2.75) is 85.3 Å². The lowest BCUT2D eigenvalue weighted by Gasteiger charge is -2.43. The number of aromatic nitrogens is 1. The molecule has 9 nitrogen and oxygen atoms in total. The van der Waals surface area contributed by atoms with E-state index >= 15 is 0 Å². The molecule has 0 saturated heterocycles. The molecular weight excluding hydrogens is 566 g/mol. The molecule has 1 aliphatic heterocycles. The largest absolute Gasteiger partial charge is 0.496 e. The number of nitrogens with zero attached hydrogens (tertiary/aromatic N) is 3. The highest BCUT2D eigenvalue weighted by atomic mass is 32.1. The molecule has 5 rings (SSSR count). The maximum atomic E-state index is 13.7. The Morgan fingerprint density at radius 3 is 2.42 bits per heavy atom. The van der Waals surface area contributed by atoms with Crippen LogP contribution < -0.4 is 9.64 Å². The number of aliphatic hydroxyl groups is 1. The lowest BCUT2D eigenvalue weighted by Crippen LogP contribution is -2.58. The highest BCUT2D eigenvalue weighted by Crippen LogP contribution is 2.49. The van der Waals surface area contributed by atoms with Crippen LogP contribution in [0.3, 0.4) is 0 Å². The summed E-state index contributed by atoms with van der Waals surface area (Å²) in [5, 5.41) is 19.6. The standard InChI is InChI=1S/C24H25N3O5S.C7H14O.C2H6/c1-14-18-15(2)27(24(3,4)22(28)29)23(30)26(12-10-16-8-6-7-9-17(16)31-5)21(18)33-19(14)20-25-11-13-32-20;1-6-2-4-7(8)5-3-6;1-2/h6-9,11,13H,2,10,12H2,1,3-5H3,(H,28,29);6-8H,2-5H2,1H3;1-2H3. The van der Waals surface area contributed by atoms with E-state index in [0.29, 0.717) is 29.6 Å². The summed E-state index contributed by atoms with van der Waals surface area (Å²) < 4.78 is 11.0. The van der Waals surface area contributed by atoms with Gasteiger partial charge in [-0.1, -0.05) is 45.5 Å². The highest BCUT2D eigenvalue weighted by Gasteiger charge is 2.47. The van der Waals surface area contributed by atoms with Crippen LogP contribution in [0, 0.1) is 12.8 Å². The summed E-state index contributed by atoms with van der Waals surface area (Å²) in [6.07, 6.45) is 8.10. The Morgan fingerprint density at radius 1 is 1.21 bits per heavy atom. The zero-order valence-electron chi connectivity index (χ0n) is 26.3. The van der Waals surface area contributed by atoms with E-state index < -0.39 is 17.5 Å². The Bertz CT molecular complexity index is 1380. The van der Waals surface area contributed by atoms with Gasteiger partial charge in [0.05, 0.1) is 30.0 Å². The average molecular weight is 612 g/mol. The molecule has 0 spiro atoms. The molecule has 3 heterocycles. The molecule has 1 fully saturated rings. The minimum Gasteiger partial charge on any atom is -0.496 e. The number of carbonyl (C=O) groups excluding carboxylic acids is 1. The molecule has 0 bridgehead atoms. The predicted molar refractivity (Wildman–Crippen MR) is 172 cm³/mol. The van der Waals surface area contributed by atoms with Crippen LogP contribution in [0.25, 0.3) is 16.5 Å². The van der Waals surface area contributed by atoms with Gasteiger partial charge in [-0.05, 0) is 76.0 Å². The zero-order valence-corrected chi connectivity index (χ0v) is 27.2. The lowest BCUT2D eigenvalue weighted by molar-refractivity contribution is -0.146. The Morgan fingerprint density at radius 2 is 1.86 bits per heavy atom. The summed E-state index contributed by atoms with van der Waals surface area (Å²) in [4.78, 5) is 33.7. The minimum absolute atomic E-state index is 0.0196. The molecule has 2 aromatic heterocycles. The fourth-order valence-corrected chi connectivity index (χ4v) is 6.55. The third-order valence-electron chi connectivity index (χ3n) is 7.85. The summed E-state index contributed by atoms with van der Waals surface area (Å²) in [7, 11) is 1.61. The van der Waals surface area contributed by atoms with Gasteiger partial charge in [-0.2, -0.15) is 0 Å². The molecule has 0 unspecified atom stereocenters. The van der Waals surface area contributed by atoms with Gasteiger partial charge < -0.3 is 19.4 Å². The molecule has 2 N–H and O–H groups in total. The number of para-hydroxylation sites is 1. The first-order valence-electron chi connectivity index (χ1n) is 14.8. The Kier molecular flexibility index (Phi) is 11.6. The normalized spacial score (nSPS) is 18.2. The zero-order chi connectivity index (χ0) is 31.9. The second kappa shape index (κ2) is 14.7. The van der Waals surface area contributed by atoms with E-state index in [-0.39, 0.29) is 6.10 Å². The number of carbonyl (C=O) groups is 2. The van der Waals surface area contributed by atoms with Crippen LogP contribution >= 0.6 is 11.3 Å². The van der Waals surface area contributed by atoms with Crippen molar-refractivity contribution in [2.75, 3.05) is 18.6 Å². The second-order valence-electron chi connectivity index (χ2n) is 11.1. The van der Waals surface area contributed by atoms with Crippen molar-refractivity contribution in [1.82, 2.24) is 9.88 Å². The van der Waals surface area contributed by atoms with E-state index in [1.807, 2.05) is 45.0 Å². The fourth-order valence-electron chi connectivity index (χ4n) is 5.26. The van der Waals surface area contributed by atoms with E-state index in [9.17, 15) is 14.7 Å². The summed E-state index contributed by atoms with van der Waals surface area (Å²) in [5.41, 5.74) is 1.36. The Balaban J connectivity index is 0.000000433. The SMILES string of the molecule is C=C1c2c(sc(-c3ncco3)c2C)N(CCc2ccccc2OC)C(=O)N1C(C)(C)C(=O)O.CC.CC1CCC(O)CC1. The number of amides is 2. The van der Waals surface area contributed by atoms with Crippen molar-refractivity contribution in [2.24, 2.45) is 5.92 Å². The molecule has 2 amide bonds. The molecular formula is C33H45N3O6S. The number of oxazole rings is 1. The number of anilines is 1. The van der Waals surface area contributed by atoms with Gasteiger partial charge in [0.15, 0.2) is 0 Å². The highest BCUT2D eigenvalue weighted by molar-refractivity contribution is 7.20. The van der Waals surface area contributed by atoms with Crippen molar-refractivity contribution in [3.8, 4) is 16.5 Å². The maximum Gasteiger partial charge on any atom is 0.330 e. The molecule has 1 aromatic carbocycles. The quantitative estimate of drug-likeness (QED) is 0.282. The van der Waals surface area contributed by atoms with Gasteiger partial charge >= 0.3 is 12.0 Å². The number of aliphatic hydroxyl groups excluding tert-OH is 1. The number of methoxy groups -OCH3 is 1. The fraction of sp³-hybridized carbons (Fsp3) is 0.485. The number of hydrogen-bond donors (Lipinski definition) is 2. The Labute approximate surface area is 258 Å². The van der Waals surface area contributed by atoms with Crippen LogP contribution in [0.5, 0.6) is 5.75 Å². The molecule has 1 saturated carbocycles. The van der Waals surface area contributed by atoms with Gasteiger partial charge in [-0.3, -0.25) is 9.80 Å². The summed E-state index contributed by atoms with van der Waals surface area (Å²) in [6.45, 7) is 15.6. The molecule has 2 aliphatic rings. The number of ether oxygens (including phenoxy) is 1. The third-order valence-corrected chi connectivity index (χ3v) is 9.15. The minimum atomic E-state index is -1.49. The van der Waals surface area contributed by atoms with E-state index in [0.717, 1.165) is 46.1 Å². The molecule has 0 radical (unpaired) electrons. The first kappa shape index (κ1) is 33.9. The van der Waals surface area contributed by atoms with Crippen LogP contribution in [0.15, 0.2) is 47.7 Å². The van der Waals surface area contributed by atoms with Crippen LogP contribution in [0.1, 0.15) is 77.0 Å². The summed E-state index contributed by atoms with van der Waals surface area (Å²) in [6, 6.07) is 7.19. The van der Waals surface area contributed by atoms with Crippen molar-refractivity contribution in [1.29, 1.82) is 0 Å². The van der Waals surface area contributed by atoms with Gasteiger partial charge in [0.2, 0.25) is 5.89 Å². The number of fused-ring (bicyclic) bond motifs is 1. The van der Waals surface area contributed by atoms with E-state index in [4.69, 9.17) is 14.3 Å². The molecule has 234 valence electrons. The van der Waals surface area contributed by atoms with Crippen molar-refractivity contribution >= 4 is 34.0 Å². The van der Waals surface area contributed by atoms with Gasteiger partial charge in [0.25, 0.3) is 0 Å². The number of thiophene rings is 1. The van der Waals surface area contributed by atoms with Gasteiger partial charge in [0.1, 0.15) is 22.6 Å². The van der Waals surface area contributed by atoms with Crippen LogP contribution in [0.2, 0.25) is 0 Å². The first-order chi connectivity index (χ1) is 20.5. The van der Waals surface area contributed by atoms with E-state index in [2.05, 4.69) is 18.5 Å². The van der Waals surface area contributed by atoms with Crippen LogP contribution in [-0.4, -0.2) is 57.4 Å². The van der Waals surface area contributed by atoms with Crippen LogP contribution in [0.4, 0.5) is 9.80 Å². The molecule has 3 aromatic rings. The molecule has 0 atom stereocenters. The van der Waals surface area contributed by atoms with Crippen molar-refractivity contribution in [3.05, 3.63) is 60.0 Å². The smallest absolute Gasteiger partial charge is 0.330 e. The van der Waals surface area contributed by atoms with Gasteiger partial charge in [-0.25, -0.2) is 14.6 Å². The van der Waals surface area contributed by atoms with E-state index in [1.165, 1.54) is 49.2 Å². The number of carboxylic acid groups (broad SMARTS) is 1. The third kappa shape index (κ3) is 7.30. The van der Waals surface area contributed by atoms with Crippen molar-refractivity contribution in [3.63, 3.8) is 0 Å². The van der Waals surface area contributed by atoms with Gasteiger partial charge in [-0.15, -0.1) is 11.3 Å². The van der Waals surface area contributed by atoms with E-state index in [1.54, 1.807) is 18.2 Å². The summed E-state index contributed by atoms with van der Waals surface area (Å²) >= 11 is 1.38. The number of benzene rings is 1. The summed E-state index contributed by atoms with van der Waals surface area (Å²) in [5.74, 6) is 0.919. The number of aliphatic carboxylic acids is 1. The molecule has 43 heavy (non-hydrogen) atoms. The van der Waals surface area contributed by atoms with Crippen LogP contribution in [-0.2, 0) is 11.2 Å². The maximum absolute atomic E-state index is 13.7. The average Bonchev–Trinajstić information content (AvgIpc) is 3.64. The second-order valence-corrected chi connectivity index (χ2v) is 12.1. The monoisotopic (exact) mass is 611 g/mol. The first-order valence-corrected chi connectivity index (χ1v) is 15.7. The van der Waals surface area contributed by atoms with Crippen molar-refractivity contribution < 1.29 is 29.0 Å². The number of hydrogen-bond acceptors (Lipinski definition) is 7. The lowest BCUT2D eigenvalue weighted by atomic mass is 9.89. The molecule has 1 aliphatic carbocycles. The predicted octanol–water partition coefficient (Wildman–Crippen LogP) is 7.62. The number of carboxylic acids is 1. The Hall–Kier alpha value is -3.63. The molecule has 10 heteroatoms. The number of urea groups is 1. The topological polar surface area (TPSA) is 116 Å².